The molecule has 0 aromatic rings. The SMILES string of the molecule is CC(C)C1C(=O)NC(=O)N1CC(N)=O. The summed E-state index contributed by atoms with van der Waals surface area (Å²) in [6.07, 6.45) is 0. The Balaban J connectivity index is 2.83. The maximum Gasteiger partial charge on any atom is 0.325 e. The number of nitrogens with one attached hydrogen (secondary N) is 1. The van der Waals surface area contributed by atoms with Gasteiger partial charge in [-0.2, -0.15) is 0 Å². The number of primary amides is 1. The molecule has 0 spiro atoms. The lowest BCUT2D eigenvalue weighted by molar-refractivity contribution is -0.123. The molecule has 1 unspecified atom stereocenters. The Morgan fingerprint density at radius 2 is 2.14 bits per heavy atom. The van der Waals surface area contributed by atoms with Crippen molar-refractivity contribution in [2.24, 2.45) is 11.7 Å². The van der Waals surface area contributed by atoms with Gasteiger partial charge in [0.15, 0.2) is 0 Å². The Kier molecular flexibility index (Phi) is 2.73. The zero-order valence-electron chi connectivity index (χ0n) is 8.11. The zero-order chi connectivity index (χ0) is 10.9. The van der Waals surface area contributed by atoms with E-state index >= 15 is 0 Å². The highest BCUT2D eigenvalue weighted by atomic mass is 16.2. The predicted octanol–water partition coefficient (Wildman–Crippen LogP) is -0.952. The van der Waals surface area contributed by atoms with Gasteiger partial charge in [0, 0.05) is 0 Å². The summed E-state index contributed by atoms with van der Waals surface area (Å²) in [5.41, 5.74) is 4.97. The fraction of sp³-hybridized carbons (Fsp3) is 0.625. The number of nitrogens with zero attached hydrogens (tertiary/aromatic N) is 1. The zero-order valence-corrected chi connectivity index (χ0v) is 8.11. The minimum Gasteiger partial charge on any atom is -0.368 e. The Bertz CT molecular complexity index is 288. The molecule has 1 rings (SSSR count). The van der Waals surface area contributed by atoms with Gasteiger partial charge in [-0.1, -0.05) is 13.8 Å². The molecule has 0 saturated carbocycles. The molecule has 78 valence electrons. The second kappa shape index (κ2) is 3.65. The van der Waals surface area contributed by atoms with E-state index in [1.807, 2.05) is 0 Å². The van der Waals surface area contributed by atoms with Gasteiger partial charge >= 0.3 is 6.03 Å². The third-order valence-corrected chi connectivity index (χ3v) is 2.05. The van der Waals surface area contributed by atoms with Crippen LogP contribution in [0.5, 0.6) is 0 Å². The van der Waals surface area contributed by atoms with E-state index < -0.39 is 18.0 Å². The summed E-state index contributed by atoms with van der Waals surface area (Å²) >= 11 is 0. The van der Waals surface area contributed by atoms with E-state index in [4.69, 9.17) is 5.73 Å². The molecule has 0 radical (unpaired) electrons. The monoisotopic (exact) mass is 199 g/mol. The van der Waals surface area contributed by atoms with Crippen LogP contribution < -0.4 is 11.1 Å². The lowest BCUT2D eigenvalue weighted by Gasteiger charge is -2.22. The quantitative estimate of drug-likeness (QED) is 0.574. The number of amides is 4. The van der Waals surface area contributed by atoms with Gasteiger partial charge in [0.25, 0.3) is 5.91 Å². The van der Waals surface area contributed by atoms with Crippen LogP contribution in [0.3, 0.4) is 0 Å². The molecule has 1 atom stereocenters. The molecular weight excluding hydrogens is 186 g/mol. The van der Waals surface area contributed by atoms with Crippen molar-refractivity contribution in [2.75, 3.05) is 6.54 Å². The number of hydrogen-bond donors (Lipinski definition) is 2. The first-order chi connectivity index (χ1) is 6.43. The molecule has 0 aliphatic carbocycles. The average Bonchev–Trinajstić information content (AvgIpc) is 2.25. The van der Waals surface area contributed by atoms with Crippen molar-refractivity contribution in [1.82, 2.24) is 10.2 Å². The summed E-state index contributed by atoms with van der Waals surface area (Å²) in [4.78, 5) is 34.3. The summed E-state index contributed by atoms with van der Waals surface area (Å²) in [7, 11) is 0. The number of hydrogen-bond acceptors (Lipinski definition) is 3. The van der Waals surface area contributed by atoms with Crippen LogP contribution >= 0.6 is 0 Å². The first kappa shape index (κ1) is 10.5. The third kappa shape index (κ3) is 1.84. The minimum atomic E-state index is -0.625. The lowest BCUT2D eigenvalue weighted by Crippen LogP contribution is -2.43. The van der Waals surface area contributed by atoms with Gasteiger partial charge in [-0.3, -0.25) is 14.9 Å². The van der Waals surface area contributed by atoms with E-state index in [1.54, 1.807) is 13.8 Å². The van der Waals surface area contributed by atoms with Crippen LogP contribution in [0.2, 0.25) is 0 Å². The molecule has 3 N–H and O–H groups in total. The molecule has 0 aromatic carbocycles. The van der Waals surface area contributed by atoms with Gasteiger partial charge in [0.05, 0.1) is 0 Å². The van der Waals surface area contributed by atoms with Gasteiger partial charge in [-0.15, -0.1) is 0 Å². The van der Waals surface area contributed by atoms with Gasteiger partial charge in [-0.05, 0) is 5.92 Å². The van der Waals surface area contributed by atoms with E-state index in [1.165, 1.54) is 0 Å². The molecule has 0 bridgehead atoms. The maximum atomic E-state index is 11.3. The van der Waals surface area contributed by atoms with Crippen molar-refractivity contribution in [3.63, 3.8) is 0 Å². The summed E-state index contributed by atoms with van der Waals surface area (Å²) in [5.74, 6) is -1.03. The summed E-state index contributed by atoms with van der Waals surface area (Å²) in [5, 5.41) is 2.14. The molecule has 6 heteroatoms. The van der Waals surface area contributed by atoms with E-state index in [-0.39, 0.29) is 18.4 Å². The van der Waals surface area contributed by atoms with Crippen molar-refractivity contribution in [3.8, 4) is 0 Å². The Morgan fingerprint density at radius 1 is 1.57 bits per heavy atom. The Labute approximate surface area is 81.4 Å². The maximum absolute atomic E-state index is 11.3. The number of carbonyl (C=O) groups is 3. The molecule has 4 amide bonds. The molecule has 6 nitrogen and oxygen atoms in total. The molecule has 1 heterocycles. The van der Waals surface area contributed by atoms with Crippen LogP contribution in [-0.4, -0.2) is 35.3 Å². The van der Waals surface area contributed by atoms with Gasteiger partial charge in [-0.25, -0.2) is 4.79 Å². The fourth-order valence-corrected chi connectivity index (χ4v) is 1.52. The molecule has 1 aliphatic rings. The smallest absolute Gasteiger partial charge is 0.325 e. The Morgan fingerprint density at radius 3 is 2.57 bits per heavy atom. The van der Waals surface area contributed by atoms with Gasteiger partial charge in [0.2, 0.25) is 5.91 Å². The minimum absolute atomic E-state index is 0.0409. The topological polar surface area (TPSA) is 92.5 Å². The normalized spacial score (nSPS) is 21.6. The second-order valence-electron chi connectivity index (χ2n) is 3.58. The number of carbonyl (C=O) groups excluding carboxylic acids is 3. The van der Waals surface area contributed by atoms with E-state index in [2.05, 4.69) is 5.32 Å². The van der Waals surface area contributed by atoms with Gasteiger partial charge < -0.3 is 10.6 Å². The van der Waals surface area contributed by atoms with Gasteiger partial charge in [0.1, 0.15) is 12.6 Å². The average molecular weight is 199 g/mol. The number of imide groups is 1. The number of rotatable bonds is 3. The largest absolute Gasteiger partial charge is 0.368 e. The van der Waals surface area contributed by atoms with Crippen LogP contribution in [0.25, 0.3) is 0 Å². The van der Waals surface area contributed by atoms with Crippen molar-refractivity contribution in [2.45, 2.75) is 19.9 Å². The molecule has 0 aromatic heterocycles. The highest BCUT2D eigenvalue weighted by Crippen LogP contribution is 2.15. The first-order valence-corrected chi connectivity index (χ1v) is 4.33. The van der Waals surface area contributed by atoms with Crippen LogP contribution in [0.4, 0.5) is 4.79 Å². The number of urea groups is 1. The van der Waals surface area contributed by atoms with Crippen LogP contribution in [0.15, 0.2) is 0 Å². The summed E-state index contributed by atoms with van der Waals surface area (Å²) in [6.45, 7) is 3.38. The fourth-order valence-electron chi connectivity index (χ4n) is 1.52. The highest BCUT2D eigenvalue weighted by molar-refractivity contribution is 6.05. The molecule has 1 fully saturated rings. The summed E-state index contributed by atoms with van der Waals surface area (Å²) < 4.78 is 0. The van der Waals surface area contributed by atoms with E-state index in [0.717, 1.165) is 4.90 Å². The molecule has 14 heavy (non-hydrogen) atoms. The standard InChI is InChI=1S/C8H13N3O3/c1-4(2)6-7(13)10-8(14)11(6)3-5(9)12/h4,6H,3H2,1-2H3,(H2,9,12)(H,10,13,14). The molecule has 1 saturated heterocycles. The summed E-state index contributed by atoms with van der Waals surface area (Å²) in [6, 6.07) is -1.14. The predicted molar refractivity (Wildman–Crippen MR) is 48.1 cm³/mol. The lowest BCUT2D eigenvalue weighted by atomic mass is 10.0. The van der Waals surface area contributed by atoms with E-state index in [0.29, 0.717) is 0 Å². The van der Waals surface area contributed by atoms with Crippen molar-refractivity contribution in [1.29, 1.82) is 0 Å². The van der Waals surface area contributed by atoms with Crippen molar-refractivity contribution in [3.05, 3.63) is 0 Å². The highest BCUT2D eigenvalue weighted by Gasteiger charge is 2.40. The second-order valence-corrected chi connectivity index (χ2v) is 3.58. The van der Waals surface area contributed by atoms with E-state index in [9.17, 15) is 14.4 Å². The Hall–Kier alpha value is -1.59. The van der Waals surface area contributed by atoms with Crippen LogP contribution in [0, 0.1) is 5.92 Å². The number of nitrogens with two attached hydrogens (primary N) is 1. The third-order valence-electron chi connectivity index (χ3n) is 2.05. The van der Waals surface area contributed by atoms with Crippen molar-refractivity contribution < 1.29 is 14.4 Å². The van der Waals surface area contributed by atoms with Crippen LogP contribution in [0.1, 0.15) is 13.8 Å². The molecular formula is C8H13N3O3. The van der Waals surface area contributed by atoms with Crippen molar-refractivity contribution >= 4 is 17.8 Å². The van der Waals surface area contributed by atoms with Crippen LogP contribution in [-0.2, 0) is 9.59 Å². The first-order valence-electron chi connectivity index (χ1n) is 4.33. The molecule has 1 aliphatic heterocycles.